The molecule has 0 aliphatic rings. The molecule has 0 fully saturated rings. The molecule has 5 heteroatoms. The molecule has 4 nitrogen and oxygen atoms in total. The molecular weight excluding hydrogens is 221 g/mol. The Morgan fingerprint density at radius 2 is 2.18 bits per heavy atom. The quantitative estimate of drug-likeness (QED) is 0.796. The van der Waals surface area contributed by atoms with Gasteiger partial charge in [0.1, 0.15) is 5.82 Å². The molecule has 0 atom stereocenters. The first-order valence-corrected chi connectivity index (χ1v) is 5.14. The van der Waals surface area contributed by atoms with Crippen LogP contribution in [0.3, 0.4) is 0 Å². The van der Waals surface area contributed by atoms with E-state index < -0.39 is 5.82 Å². The highest BCUT2D eigenvalue weighted by molar-refractivity contribution is 5.41. The van der Waals surface area contributed by atoms with Gasteiger partial charge in [-0.15, -0.1) is 0 Å². The van der Waals surface area contributed by atoms with Crippen molar-refractivity contribution in [2.75, 3.05) is 5.73 Å². The topological polar surface area (TPSA) is 60.9 Å². The predicted octanol–water partition coefficient (Wildman–Crippen LogP) is 1.32. The molecule has 0 aliphatic heterocycles. The third-order valence-electron chi connectivity index (χ3n) is 2.43. The number of hydrogen-bond acceptors (Lipinski definition) is 3. The number of aryl methyl sites for hydroxylation is 1. The second-order valence-corrected chi connectivity index (χ2v) is 3.84. The Labute approximate surface area is 97.5 Å². The molecule has 0 radical (unpaired) electrons. The smallest absolute Gasteiger partial charge is 0.348 e. The predicted molar refractivity (Wildman–Crippen MR) is 63.1 cm³/mol. The molecule has 1 aromatic heterocycles. The molecule has 0 saturated carbocycles. The molecule has 2 aromatic rings. The number of aromatic nitrogens is 2. The second-order valence-electron chi connectivity index (χ2n) is 3.84. The monoisotopic (exact) mass is 233 g/mol. The molecule has 2 N–H and O–H groups in total. The second kappa shape index (κ2) is 4.37. The summed E-state index contributed by atoms with van der Waals surface area (Å²) in [6.45, 7) is 2.03. The van der Waals surface area contributed by atoms with Crippen LogP contribution in [0.25, 0.3) is 0 Å². The third-order valence-corrected chi connectivity index (χ3v) is 2.43. The van der Waals surface area contributed by atoms with Gasteiger partial charge in [-0.1, -0.05) is 6.07 Å². The van der Waals surface area contributed by atoms with Crippen molar-refractivity contribution in [3.8, 4) is 0 Å². The van der Waals surface area contributed by atoms with Crippen molar-refractivity contribution in [2.24, 2.45) is 0 Å². The zero-order valence-corrected chi connectivity index (χ0v) is 9.35. The summed E-state index contributed by atoms with van der Waals surface area (Å²) in [4.78, 5) is 15.3. The summed E-state index contributed by atoms with van der Waals surface area (Å²) in [5.74, 6) is -0.476. The fraction of sp³-hybridized carbons (Fsp3) is 0.167. The van der Waals surface area contributed by atoms with Gasteiger partial charge in [0, 0.05) is 11.9 Å². The van der Waals surface area contributed by atoms with Gasteiger partial charge in [-0.3, -0.25) is 4.57 Å². The minimum atomic E-state index is -0.476. The van der Waals surface area contributed by atoms with Crippen molar-refractivity contribution in [3.63, 3.8) is 0 Å². The Balaban J connectivity index is 2.31. The fourth-order valence-electron chi connectivity index (χ4n) is 1.50. The van der Waals surface area contributed by atoms with Crippen LogP contribution in [-0.4, -0.2) is 9.55 Å². The van der Waals surface area contributed by atoms with Crippen molar-refractivity contribution in [1.29, 1.82) is 0 Å². The summed E-state index contributed by atoms with van der Waals surface area (Å²) < 4.78 is 14.6. The van der Waals surface area contributed by atoms with E-state index in [9.17, 15) is 9.18 Å². The number of nitrogens with zero attached hydrogens (tertiary/aromatic N) is 2. The SMILES string of the molecule is Cc1ccn(Cc2ccc(N)c(F)c2)c(=O)n1. The van der Waals surface area contributed by atoms with Crippen LogP contribution in [-0.2, 0) is 6.54 Å². The highest BCUT2D eigenvalue weighted by atomic mass is 19.1. The molecule has 0 unspecified atom stereocenters. The van der Waals surface area contributed by atoms with Crippen LogP contribution in [0.1, 0.15) is 11.3 Å². The van der Waals surface area contributed by atoms with Gasteiger partial charge >= 0.3 is 5.69 Å². The van der Waals surface area contributed by atoms with E-state index in [0.717, 1.165) is 0 Å². The van der Waals surface area contributed by atoms with E-state index >= 15 is 0 Å². The van der Waals surface area contributed by atoms with Crippen LogP contribution >= 0.6 is 0 Å². The lowest BCUT2D eigenvalue weighted by Crippen LogP contribution is -2.23. The van der Waals surface area contributed by atoms with Crippen LogP contribution in [0, 0.1) is 12.7 Å². The lowest BCUT2D eigenvalue weighted by atomic mass is 10.2. The van der Waals surface area contributed by atoms with Crippen molar-refractivity contribution in [1.82, 2.24) is 9.55 Å². The number of nitrogens with two attached hydrogens (primary N) is 1. The third kappa shape index (κ3) is 2.50. The van der Waals surface area contributed by atoms with E-state index in [1.165, 1.54) is 16.7 Å². The van der Waals surface area contributed by atoms with Crippen LogP contribution in [0.15, 0.2) is 35.3 Å². The molecule has 0 aliphatic carbocycles. The number of rotatable bonds is 2. The first-order valence-electron chi connectivity index (χ1n) is 5.14. The number of hydrogen-bond donors (Lipinski definition) is 1. The number of nitrogen functional groups attached to an aromatic ring is 1. The highest BCUT2D eigenvalue weighted by Gasteiger charge is 2.02. The van der Waals surface area contributed by atoms with Crippen LogP contribution in [0.2, 0.25) is 0 Å². The molecule has 0 saturated heterocycles. The van der Waals surface area contributed by atoms with Crippen molar-refractivity contribution in [2.45, 2.75) is 13.5 Å². The molecule has 1 heterocycles. The lowest BCUT2D eigenvalue weighted by Gasteiger charge is -2.06. The van der Waals surface area contributed by atoms with E-state index in [1.54, 1.807) is 25.3 Å². The Kier molecular flexibility index (Phi) is 2.91. The van der Waals surface area contributed by atoms with Gasteiger partial charge in [-0.05, 0) is 30.7 Å². The summed E-state index contributed by atoms with van der Waals surface area (Å²) in [5.41, 5.74) is 6.46. The molecule has 2 rings (SSSR count). The maximum absolute atomic E-state index is 13.2. The Morgan fingerprint density at radius 1 is 1.41 bits per heavy atom. The van der Waals surface area contributed by atoms with Gasteiger partial charge in [-0.25, -0.2) is 9.18 Å². The minimum absolute atomic E-state index is 0.100. The molecule has 0 spiro atoms. The largest absolute Gasteiger partial charge is 0.396 e. The molecule has 17 heavy (non-hydrogen) atoms. The first kappa shape index (κ1) is 11.3. The van der Waals surface area contributed by atoms with E-state index in [4.69, 9.17) is 5.73 Å². The van der Waals surface area contributed by atoms with Crippen molar-refractivity contribution < 1.29 is 4.39 Å². The average molecular weight is 233 g/mol. The Bertz CT molecular complexity index is 607. The van der Waals surface area contributed by atoms with Gasteiger partial charge in [-0.2, -0.15) is 4.98 Å². The number of benzene rings is 1. The molecular formula is C12H12FN3O. The van der Waals surface area contributed by atoms with Gasteiger partial charge < -0.3 is 5.73 Å². The van der Waals surface area contributed by atoms with Gasteiger partial charge in [0.25, 0.3) is 0 Å². The highest BCUT2D eigenvalue weighted by Crippen LogP contribution is 2.12. The standard InChI is InChI=1S/C12H12FN3O/c1-8-4-5-16(12(17)15-8)7-9-2-3-11(14)10(13)6-9/h2-6H,7,14H2,1H3. The van der Waals surface area contributed by atoms with Crippen molar-refractivity contribution >= 4 is 5.69 Å². The van der Waals surface area contributed by atoms with E-state index in [-0.39, 0.29) is 17.9 Å². The normalized spacial score (nSPS) is 10.5. The van der Waals surface area contributed by atoms with Crippen LogP contribution < -0.4 is 11.4 Å². The van der Waals surface area contributed by atoms with Crippen LogP contribution in [0.5, 0.6) is 0 Å². The maximum Gasteiger partial charge on any atom is 0.348 e. The molecule has 1 aromatic carbocycles. The Hall–Kier alpha value is -2.17. The summed E-state index contributed by atoms with van der Waals surface area (Å²) in [6.07, 6.45) is 1.64. The van der Waals surface area contributed by atoms with Gasteiger partial charge in [0.05, 0.1) is 12.2 Å². The summed E-state index contributed by atoms with van der Waals surface area (Å²) >= 11 is 0. The maximum atomic E-state index is 13.2. The molecule has 0 bridgehead atoms. The van der Waals surface area contributed by atoms with E-state index in [1.807, 2.05) is 0 Å². The zero-order chi connectivity index (χ0) is 12.4. The van der Waals surface area contributed by atoms with E-state index in [2.05, 4.69) is 4.98 Å². The van der Waals surface area contributed by atoms with Crippen LogP contribution in [0.4, 0.5) is 10.1 Å². The van der Waals surface area contributed by atoms with Gasteiger partial charge in [0.2, 0.25) is 0 Å². The fourth-order valence-corrected chi connectivity index (χ4v) is 1.50. The number of halogens is 1. The summed E-state index contributed by atoms with van der Waals surface area (Å²) in [5, 5.41) is 0. The lowest BCUT2D eigenvalue weighted by molar-refractivity contribution is 0.626. The molecule has 88 valence electrons. The minimum Gasteiger partial charge on any atom is -0.396 e. The first-order chi connectivity index (χ1) is 8.06. The van der Waals surface area contributed by atoms with E-state index in [0.29, 0.717) is 11.3 Å². The van der Waals surface area contributed by atoms with Gasteiger partial charge in [0.15, 0.2) is 0 Å². The summed E-state index contributed by atoms with van der Waals surface area (Å²) in [7, 11) is 0. The number of anilines is 1. The summed E-state index contributed by atoms with van der Waals surface area (Å²) in [6, 6.07) is 6.22. The van der Waals surface area contributed by atoms with Crippen molar-refractivity contribution in [3.05, 3.63) is 58.0 Å². The Morgan fingerprint density at radius 3 is 2.82 bits per heavy atom. The zero-order valence-electron chi connectivity index (χ0n) is 9.35. The molecule has 0 amide bonds. The average Bonchev–Trinajstić information content (AvgIpc) is 2.27.